The van der Waals surface area contributed by atoms with E-state index < -0.39 is 5.97 Å². The molecule has 0 aromatic carbocycles. The summed E-state index contributed by atoms with van der Waals surface area (Å²) in [6.45, 7) is 6.48. The number of hydrogen-bond acceptors (Lipinski definition) is 5. The zero-order valence-corrected chi connectivity index (χ0v) is 14.9. The summed E-state index contributed by atoms with van der Waals surface area (Å²) in [5, 5.41) is 8.55. The van der Waals surface area contributed by atoms with Gasteiger partial charge in [-0.15, -0.1) is 0 Å². The molecule has 2 aromatic heterocycles. The van der Waals surface area contributed by atoms with Gasteiger partial charge >= 0.3 is 5.97 Å². The topological polar surface area (TPSA) is 93.5 Å². The number of rotatable bonds is 4. The van der Waals surface area contributed by atoms with E-state index in [1.165, 1.54) is 0 Å². The second-order valence-electron chi connectivity index (χ2n) is 7.25. The van der Waals surface area contributed by atoms with Crippen molar-refractivity contribution in [2.24, 2.45) is 11.1 Å². The maximum atomic E-state index is 11.8. The maximum absolute atomic E-state index is 11.8. The molecular weight excluding hydrogens is 316 g/mol. The highest BCUT2D eigenvalue weighted by atomic mass is 16.5. The number of carbonyl (C=O) groups excluding carboxylic acids is 1. The zero-order valence-electron chi connectivity index (χ0n) is 14.9. The first-order chi connectivity index (χ1) is 11.8. The number of allylic oxidation sites excluding steroid dienone is 2. The Morgan fingerprint density at radius 1 is 1.44 bits per heavy atom. The molecule has 134 valence electrons. The molecule has 0 radical (unpaired) electrons. The van der Waals surface area contributed by atoms with Gasteiger partial charge in [-0.25, -0.2) is 9.78 Å². The van der Waals surface area contributed by atoms with Gasteiger partial charge in [0.05, 0.1) is 12.3 Å². The van der Waals surface area contributed by atoms with Crippen LogP contribution in [0.5, 0.6) is 0 Å². The third-order valence-corrected chi connectivity index (χ3v) is 4.63. The predicted octanol–water partition coefficient (Wildman–Crippen LogP) is 3.55. The molecule has 2 heterocycles. The van der Waals surface area contributed by atoms with Crippen LogP contribution in [-0.4, -0.2) is 27.7 Å². The summed E-state index contributed by atoms with van der Waals surface area (Å²) in [5.41, 5.74) is 10.3. The van der Waals surface area contributed by atoms with Gasteiger partial charge in [-0.2, -0.15) is 0 Å². The Hall–Kier alpha value is -2.63. The molecular formula is C19H26N4O2. The molecule has 0 spiro atoms. The summed E-state index contributed by atoms with van der Waals surface area (Å²) in [7, 11) is 0. The van der Waals surface area contributed by atoms with E-state index in [4.69, 9.17) is 15.9 Å². The molecule has 2 aromatic rings. The van der Waals surface area contributed by atoms with E-state index in [0.29, 0.717) is 18.0 Å². The Bertz CT molecular complexity index is 883. The number of pyridine rings is 1. The van der Waals surface area contributed by atoms with Crippen molar-refractivity contribution in [3.63, 3.8) is 0 Å². The fourth-order valence-corrected chi connectivity index (χ4v) is 3.24. The minimum Gasteiger partial charge on any atom is -0.461 e. The Morgan fingerprint density at radius 3 is 2.88 bits per heavy atom. The monoisotopic (exact) mass is 342 g/mol. The number of esters is 1. The van der Waals surface area contributed by atoms with Crippen LogP contribution in [0.15, 0.2) is 35.8 Å². The van der Waals surface area contributed by atoms with Crippen molar-refractivity contribution in [3.05, 3.63) is 47.1 Å². The lowest BCUT2D eigenvalue weighted by Crippen LogP contribution is -2.25. The first kappa shape index (κ1) is 17.2. The molecule has 25 heavy (non-hydrogen) atoms. The van der Waals surface area contributed by atoms with Crippen LogP contribution in [0.4, 0.5) is 0 Å². The quantitative estimate of drug-likeness (QED) is 0.656. The van der Waals surface area contributed by atoms with Crippen LogP contribution < -0.4 is 5.73 Å². The summed E-state index contributed by atoms with van der Waals surface area (Å²) in [6.07, 6.45) is 6.09. The molecule has 3 N–H and O–H groups in total. The lowest BCUT2D eigenvalue weighted by atomic mass is 9.75. The number of nitrogens with one attached hydrogen (secondary N) is 1. The average molecular weight is 342 g/mol. The normalized spacial score (nSPS) is 16.9. The highest BCUT2D eigenvalue weighted by molar-refractivity contribution is 6.11. The molecule has 0 saturated heterocycles. The molecule has 0 saturated carbocycles. The second kappa shape index (κ2) is 6.35. The predicted molar refractivity (Wildman–Crippen MR) is 98.9 cm³/mol. The highest BCUT2D eigenvalue weighted by Crippen LogP contribution is 2.37. The third kappa shape index (κ3) is 3.43. The molecule has 0 aliphatic heterocycles. The molecule has 0 atom stereocenters. The number of hydrogen-bond donors (Lipinski definition) is 2. The van der Waals surface area contributed by atoms with Gasteiger partial charge < -0.3 is 14.9 Å². The van der Waals surface area contributed by atoms with Crippen LogP contribution in [0, 0.1) is 10.8 Å². The minimum atomic E-state index is -0.440. The zero-order chi connectivity index (χ0) is 18.2. The average Bonchev–Trinajstić information content (AvgIpc) is 2.97. The van der Waals surface area contributed by atoms with Crippen molar-refractivity contribution in [1.82, 2.24) is 9.38 Å². The number of aromatic nitrogens is 2. The van der Waals surface area contributed by atoms with Crippen LogP contribution >= 0.6 is 0 Å². The number of ether oxygens (including phenoxy) is 1. The Kier molecular flexibility index (Phi) is 4.37. The van der Waals surface area contributed by atoms with Crippen molar-refractivity contribution >= 4 is 17.3 Å². The molecule has 0 amide bonds. The summed E-state index contributed by atoms with van der Waals surface area (Å²) in [4.78, 5) is 16.1. The van der Waals surface area contributed by atoms with Crippen LogP contribution in [0.3, 0.4) is 0 Å². The number of carbonyl (C=O) groups is 1. The van der Waals surface area contributed by atoms with Gasteiger partial charge in [0.2, 0.25) is 0 Å². The smallest absolute Gasteiger partial charge is 0.358 e. The van der Waals surface area contributed by atoms with Crippen LogP contribution in [0.25, 0.3) is 5.65 Å². The number of nitrogens with two attached hydrogens (primary N) is 1. The summed E-state index contributed by atoms with van der Waals surface area (Å²) >= 11 is 0. The van der Waals surface area contributed by atoms with Gasteiger partial charge in [0.1, 0.15) is 5.65 Å². The first-order valence-corrected chi connectivity index (χ1v) is 8.53. The Morgan fingerprint density at radius 2 is 2.20 bits per heavy atom. The molecule has 0 bridgehead atoms. The number of imidazole rings is 1. The third-order valence-electron chi connectivity index (χ3n) is 4.63. The fraction of sp³-hybridized carbons (Fsp3) is 0.421. The summed E-state index contributed by atoms with van der Waals surface area (Å²) in [5.74, 6) is -0.440. The van der Waals surface area contributed by atoms with Crippen molar-refractivity contribution in [2.45, 2.75) is 40.0 Å². The molecule has 1 aliphatic carbocycles. The van der Waals surface area contributed by atoms with Gasteiger partial charge in [0, 0.05) is 25.1 Å². The van der Waals surface area contributed by atoms with Crippen LogP contribution in [0.2, 0.25) is 0 Å². The van der Waals surface area contributed by atoms with E-state index in [1.54, 1.807) is 23.6 Å². The fourth-order valence-electron chi connectivity index (χ4n) is 3.24. The number of nitrogens with zero attached hydrogens (tertiary/aromatic N) is 2. The lowest BCUT2D eigenvalue weighted by Gasteiger charge is -2.31. The van der Waals surface area contributed by atoms with E-state index >= 15 is 0 Å². The summed E-state index contributed by atoms with van der Waals surface area (Å²) < 4.78 is 6.73. The SMILES string of the molecule is CCOC(=O)c1cn2cc(C(=N)C3=C(N)CC(C)(C)CC3)ccc2n1.[HH]. The van der Waals surface area contributed by atoms with Gasteiger partial charge in [-0.05, 0) is 49.3 Å². The van der Waals surface area contributed by atoms with Gasteiger partial charge in [-0.1, -0.05) is 13.8 Å². The Labute approximate surface area is 148 Å². The van der Waals surface area contributed by atoms with E-state index in [0.717, 1.165) is 36.1 Å². The molecule has 1 aliphatic rings. The van der Waals surface area contributed by atoms with E-state index in [1.807, 2.05) is 12.3 Å². The largest absolute Gasteiger partial charge is 0.461 e. The first-order valence-electron chi connectivity index (χ1n) is 8.53. The minimum absolute atomic E-state index is 0. The van der Waals surface area contributed by atoms with Gasteiger partial charge in [0.15, 0.2) is 5.69 Å². The van der Waals surface area contributed by atoms with Gasteiger partial charge in [-0.3, -0.25) is 5.41 Å². The van der Waals surface area contributed by atoms with E-state index in [2.05, 4.69) is 18.8 Å². The Balaban J connectivity index is 0.00000243. The molecule has 0 fully saturated rings. The second-order valence-corrected chi connectivity index (χ2v) is 7.25. The van der Waals surface area contributed by atoms with Crippen molar-refractivity contribution < 1.29 is 11.0 Å². The summed E-state index contributed by atoms with van der Waals surface area (Å²) in [6, 6.07) is 3.65. The standard InChI is InChI=1S/C19H24N4O2.H2/c1-4-25-18(24)15-11-23-10-12(5-6-16(23)22-15)17(21)13-7-8-19(2,3)9-14(13)20;/h5-6,10-11,21H,4,7-9,20H2,1-3H3;1H. The maximum Gasteiger partial charge on any atom is 0.358 e. The molecule has 6 heteroatoms. The highest BCUT2D eigenvalue weighted by Gasteiger charge is 2.27. The van der Waals surface area contributed by atoms with Crippen molar-refractivity contribution in [3.8, 4) is 0 Å². The van der Waals surface area contributed by atoms with Gasteiger partial charge in [0.25, 0.3) is 0 Å². The molecule has 6 nitrogen and oxygen atoms in total. The van der Waals surface area contributed by atoms with Crippen LogP contribution in [0.1, 0.15) is 57.5 Å². The number of fused-ring (bicyclic) bond motifs is 1. The molecule has 3 rings (SSSR count). The molecule has 0 unspecified atom stereocenters. The van der Waals surface area contributed by atoms with E-state index in [9.17, 15) is 4.79 Å². The van der Waals surface area contributed by atoms with Crippen molar-refractivity contribution in [2.75, 3.05) is 6.61 Å². The van der Waals surface area contributed by atoms with E-state index in [-0.39, 0.29) is 12.5 Å². The lowest BCUT2D eigenvalue weighted by molar-refractivity contribution is 0.0520. The van der Waals surface area contributed by atoms with Crippen LogP contribution in [-0.2, 0) is 4.74 Å². The van der Waals surface area contributed by atoms with Crippen molar-refractivity contribution in [1.29, 1.82) is 5.41 Å².